The van der Waals surface area contributed by atoms with Gasteiger partial charge in [-0.2, -0.15) is 0 Å². The van der Waals surface area contributed by atoms with Crippen molar-refractivity contribution in [2.75, 3.05) is 24.5 Å². The topological polar surface area (TPSA) is 83.8 Å². The molecule has 2 aromatic rings. The number of ether oxygens (including phenoxy) is 1. The summed E-state index contributed by atoms with van der Waals surface area (Å²) in [5, 5.41) is 12.2. The lowest BCUT2D eigenvalue weighted by Crippen LogP contribution is -2.30. The van der Waals surface area contributed by atoms with E-state index >= 15 is 4.39 Å². The van der Waals surface area contributed by atoms with Gasteiger partial charge in [0.25, 0.3) is 0 Å². The van der Waals surface area contributed by atoms with Crippen LogP contribution < -0.4 is 20.4 Å². The van der Waals surface area contributed by atoms with Crippen molar-refractivity contribution >= 4 is 34.3 Å². The number of nitrogens with one attached hydrogen (secondary N) is 1. The van der Waals surface area contributed by atoms with Gasteiger partial charge in [0.05, 0.1) is 27.8 Å². The number of fused-ring (bicyclic) bond motifs is 1. The normalized spacial score (nSPS) is 23.5. The molecular formula is C21H22ClF2N3O4. The number of rotatable bonds is 6. The van der Waals surface area contributed by atoms with Gasteiger partial charge in [-0.25, -0.2) is 13.6 Å². The minimum absolute atomic E-state index is 0.0121. The fourth-order valence-corrected chi connectivity index (χ4v) is 4.73. The summed E-state index contributed by atoms with van der Waals surface area (Å²) in [6, 6.07) is 1.52. The maximum Gasteiger partial charge on any atom is 0.511 e. The molecule has 31 heavy (non-hydrogen) atoms. The second kappa shape index (κ2) is 7.63. The molecule has 1 saturated heterocycles. The highest BCUT2D eigenvalue weighted by Crippen LogP contribution is 2.43. The Kier molecular flexibility index (Phi) is 5.05. The van der Waals surface area contributed by atoms with Crippen molar-refractivity contribution in [2.45, 2.75) is 43.9 Å². The van der Waals surface area contributed by atoms with Crippen LogP contribution in [0.1, 0.15) is 31.7 Å². The van der Waals surface area contributed by atoms with E-state index in [-0.39, 0.29) is 34.6 Å². The summed E-state index contributed by atoms with van der Waals surface area (Å²) in [7, 11) is 0. The molecule has 7 nitrogen and oxygen atoms in total. The molecule has 2 atom stereocenters. The summed E-state index contributed by atoms with van der Waals surface area (Å²) >= 11 is 6.63. The summed E-state index contributed by atoms with van der Waals surface area (Å²) in [5.74, 6) is -1.41. The molecule has 1 aliphatic heterocycles. The van der Waals surface area contributed by atoms with E-state index in [4.69, 9.17) is 16.7 Å². The summed E-state index contributed by atoms with van der Waals surface area (Å²) in [5.41, 5.74) is -0.359. The number of alkyl halides is 1. The maximum absolute atomic E-state index is 15.2. The van der Waals surface area contributed by atoms with Gasteiger partial charge in [0, 0.05) is 37.6 Å². The molecule has 2 saturated carbocycles. The standard InChI is InChI=1S/C21H22ClF2N3O4/c22-17-18-13(20(28)16(31-21(29)30)9-27(18)12-3-4-12)5-14(23)19(17)26-7-10(15(24)8-26)6-25-11-1-2-11/h5,9-12,15,25H,1-4,6-8H2,(H,29,30)/t10-,15+/m0/s1. The van der Waals surface area contributed by atoms with Crippen LogP contribution >= 0.6 is 11.6 Å². The number of carbonyl (C=O) groups is 1. The number of hydrogen-bond acceptors (Lipinski definition) is 5. The van der Waals surface area contributed by atoms with Gasteiger partial charge in [-0.05, 0) is 31.7 Å². The molecule has 0 radical (unpaired) electrons. The molecule has 2 aliphatic carbocycles. The number of aromatic nitrogens is 1. The van der Waals surface area contributed by atoms with Crippen LogP contribution in [-0.4, -0.2) is 47.7 Å². The molecule has 5 rings (SSSR count). The minimum atomic E-state index is -1.63. The first-order chi connectivity index (χ1) is 14.8. The van der Waals surface area contributed by atoms with Crippen LogP contribution in [0.15, 0.2) is 17.1 Å². The summed E-state index contributed by atoms with van der Waals surface area (Å²) in [4.78, 5) is 25.3. The number of halogens is 3. The van der Waals surface area contributed by atoms with Gasteiger partial charge in [-0.1, -0.05) is 11.6 Å². The van der Waals surface area contributed by atoms with E-state index in [0.717, 1.165) is 31.7 Å². The fraction of sp³-hybridized carbons (Fsp3) is 0.524. The summed E-state index contributed by atoms with van der Waals surface area (Å²) in [6.45, 7) is 0.863. The predicted molar refractivity (Wildman–Crippen MR) is 112 cm³/mol. The third kappa shape index (κ3) is 3.85. The first-order valence-corrected chi connectivity index (χ1v) is 10.8. The zero-order valence-corrected chi connectivity index (χ0v) is 17.4. The molecule has 0 unspecified atom stereocenters. The van der Waals surface area contributed by atoms with Crippen molar-refractivity contribution in [3.8, 4) is 5.75 Å². The molecule has 3 aliphatic rings. The van der Waals surface area contributed by atoms with Crippen LogP contribution in [0.3, 0.4) is 0 Å². The van der Waals surface area contributed by atoms with Gasteiger partial charge in [-0.3, -0.25) is 4.79 Å². The Labute approximate surface area is 181 Å². The van der Waals surface area contributed by atoms with Crippen molar-refractivity contribution in [2.24, 2.45) is 5.92 Å². The molecule has 0 amide bonds. The Morgan fingerprint density at radius 3 is 2.68 bits per heavy atom. The fourth-order valence-electron chi connectivity index (χ4n) is 4.32. The average Bonchev–Trinajstić information content (AvgIpc) is 3.62. The molecule has 0 bridgehead atoms. The van der Waals surface area contributed by atoms with E-state index in [1.54, 1.807) is 9.47 Å². The first-order valence-electron chi connectivity index (χ1n) is 10.4. The lowest BCUT2D eigenvalue weighted by Gasteiger charge is -2.23. The molecule has 3 fully saturated rings. The zero-order chi connectivity index (χ0) is 21.9. The lowest BCUT2D eigenvalue weighted by molar-refractivity contribution is 0.143. The minimum Gasteiger partial charge on any atom is -0.449 e. The largest absolute Gasteiger partial charge is 0.511 e. The number of pyridine rings is 1. The van der Waals surface area contributed by atoms with Crippen LogP contribution in [0, 0.1) is 11.7 Å². The Hall–Kier alpha value is -2.39. The monoisotopic (exact) mass is 453 g/mol. The number of nitrogens with zero attached hydrogens (tertiary/aromatic N) is 2. The Morgan fingerprint density at radius 2 is 2.03 bits per heavy atom. The molecule has 2 N–H and O–H groups in total. The van der Waals surface area contributed by atoms with E-state index in [1.165, 1.54) is 6.20 Å². The van der Waals surface area contributed by atoms with Crippen molar-refractivity contribution in [1.29, 1.82) is 0 Å². The van der Waals surface area contributed by atoms with E-state index in [0.29, 0.717) is 24.6 Å². The van der Waals surface area contributed by atoms with Crippen LogP contribution in [0.2, 0.25) is 5.02 Å². The first kappa shape index (κ1) is 20.5. The number of carboxylic acid groups (broad SMARTS) is 1. The third-order valence-electron chi connectivity index (χ3n) is 6.21. The number of hydrogen-bond donors (Lipinski definition) is 2. The highest BCUT2D eigenvalue weighted by Gasteiger charge is 2.37. The van der Waals surface area contributed by atoms with Crippen LogP contribution in [0.5, 0.6) is 5.75 Å². The highest BCUT2D eigenvalue weighted by atomic mass is 35.5. The van der Waals surface area contributed by atoms with Gasteiger partial charge in [0.15, 0.2) is 5.75 Å². The molecular weight excluding hydrogens is 432 g/mol. The van der Waals surface area contributed by atoms with Crippen molar-refractivity contribution in [3.05, 3.63) is 33.3 Å². The average molecular weight is 454 g/mol. The van der Waals surface area contributed by atoms with E-state index in [2.05, 4.69) is 10.1 Å². The summed E-state index contributed by atoms with van der Waals surface area (Å²) in [6.07, 6.45) is 2.41. The molecule has 10 heteroatoms. The lowest BCUT2D eigenvalue weighted by atomic mass is 10.1. The molecule has 166 valence electrons. The third-order valence-corrected chi connectivity index (χ3v) is 6.57. The van der Waals surface area contributed by atoms with Crippen molar-refractivity contribution in [3.63, 3.8) is 0 Å². The van der Waals surface area contributed by atoms with Crippen molar-refractivity contribution < 1.29 is 23.4 Å². The van der Waals surface area contributed by atoms with Crippen LogP contribution in [0.4, 0.5) is 19.3 Å². The SMILES string of the molecule is O=C(O)Oc1cn(C2CC2)c2c(Cl)c(N3C[C@H](CNC4CC4)[C@H](F)C3)c(F)cc2c1=O. The van der Waals surface area contributed by atoms with Gasteiger partial charge in [0.1, 0.15) is 12.0 Å². The Balaban J connectivity index is 1.56. The van der Waals surface area contributed by atoms with Gasteiger partial charge in [-0.15, -0.1) is 0 Å². The van der Waals surface area contributed by atoms with Crippen LogP contribution in [-0.2, 0) is 0 Å². The van der Waals surface area contributed by atoms with E-state index in [9.17, 15) is 14.0 Å². The number of benzene rings is 1. The van der Waals surface area contributed by atoms with E-state index < -0.39 is 29.3 Å². The van der Waals surface area contributed by atoms with Crippen molar-refractivity contribution in [1.82, 2.24) is 9.88 Å². The predicted octanol–water partition coefficient (Wildman–Crippen LogP) is 3.71. The highest BCUT2D eigenvalue weighted by molar-refractivity contribution is 6.38. The smallest absolute Gasteiger partial charge is 0.449 e. The van der Waals surface area contributed by atoms with E-state index in [1.807, 2.05) is 0 Å². The quantitative estimate of drug-likeness (QED) is 0.649. The second-order valence-electron chi connectivity index (χ2n) is 8.61. The summed E-state index contributed by atoms with van der Waals surface area (Å²) < 4.78 is 36.1. The van der Waals surface area contributed by atoms with Gasteiger partial charge < -0.3 is 24.6 Å². The van der Waals surface area contributed by atoms with Gasteiger partial charge in [0.2, 0.25) is 5.43 Å². The second-order valence-corrected chi connectivity index (χ2v) is 8.99. The number of anilines is 1. The molecule has 1 aromatic carbocycles. The Bertz CT molecular complexity index is 1120. The Morgan fingerprint density at radius 1 is 1.29 bits per heavy atom. The van der Waals surface area contributed by atoms with Crippen LogP contribution in [0.25, 0.3) is 10.9 Å². The zero-order valence-electron chi connectivity index (χ0n) is 16.6. The maximum atomic E-state index is 15.2. The molecule has 1 aromatic heterocycles. The van der Waals surface area contributed by atoms with Gasteiger partial charge >= 0.3 is 6.16 Å². The molecule has 0 spiro atoms. The molecule has 2 heterocycles.